The Bertz CT molecular complexity index is 587. The van der Waals surface area contributed by atoms with Crippen LogP contribution in [0.5, 0.6) is 0 Å². The van der Waals surface area contributed by atoms with E-state index in [-0.39, 0.29) is 4.90 Å². The molecule has 7 heteroatoms. The van der Waals surface area contributed by atoms with Gasteiger partial charge in [-0.15, -0.1) is 0 Å². The molecule has 0 amide bonds. The predicted octanol–water partition coefficient (Wildman–Crippen LogP) is 1.05. The molecule has 2 rings (SSSR count). The maximum Gasteiger partial charge on any atom is 0.331 e. The Labute approximate surface area is 110 Å². The molecule has 0 fully saturated rings. The maximum atomic E-state index is 10.4. The van der Waals surface area contributed by atoms with Crippen molar-refractivity contribution >= 4 is 26.6 Å². The summed E-state index contributed by atoms with van der Waals surface area (Å²) in [5.74, 6) is 0. The van der Waals surface area contributed by atoms with Gasteiger partial charge in [-0.2, -0.15) is 0 Å². The van der Waals surface area contributed by atoms with Crippen LogP contribution in [-0.2, 0) is 17.2 Å². The lowest BCUT2D eigenvalue weighted by Gasteiger charge is -2.05. The van der Waals surface area contributed by atoms with E-state index in [2.05, 4.69) is 0 Å². The molecular formula is C11H14N2O3S2. The van der Waals surface area contributed by atoms with Crippen LogP contribution in [0.1, 0.15) is 5.56 Å². The Morgan fingerprint density at radius 3 is 2.11 bits per heavy atom. The van der Waals surface area contributed by atoms with Crippen molar-refractivity contribution in [2.75, 3.05) is 5.73 Å². The molecule has 1 aromatic carbocycles. The zero-order valence-electron chi connectivity index (χ0n) is 10.0. The Balaban J connectivity index is 0.000000199. The Kier molecular flexibility index (Phi) is 4.83. The average Bonchev–Trinajstić information content (AvgIpc) is 2.63. The largest absolute Gasteiger partial charge is 0.744 e. The van der Waals surface area contributed by atoms with E-state index in [0.717, 1.165) is 10.7 Å². The lowest BCUT2D eigenvalue weighted by Crippen LogP contribution is -2.27. The smallest absolute Gasteiger partial charge is 0.331 e. The fourth-order valence-corrected chi connectivity index (χ4v) is 2.13. The van der Waals surface area contributed by atoms with Crippen molar-refractivity contribution in [2.24, 2.45) is 7.05 Å². The van der Waals surface area contributed by atoms with Crippen LogP contribution in [-0.4, -0.2) is 13.0 Å². The topological polar surface area (TPSA) is 87.1 Å². The number of thiazole rings is 1. The first-order valence-electron chi connectivity index (χ1n) is 5.02. The molecule has 1 heterocycles. The van der Waals surface area contributed by atoms with Gasteiger partial charge >= 0.3 is 5.13 Å². The molecule has 98 valence electrons. The Morgan fingerprint density at radius 1 is 1.28 bits per heavy atom. The molecule has 0 bridgehead atoms. The van der Waals surface area contributed by atoms with Crippen LogP contribution in [0.2, 0.25) is 0 Å². The van der Waals surface area contributed by atoms with Gasteiger partial charge in [0.1, 0.15) is 16.3 Å². The summed E-state index contributed by atoms with van der Waals surface area (Å²) in [6.07, 6.45) is 1.93. The number of hydrogen-bond acceptors (Lipinski definition) is 5. The SMILES string of the molecule is C[n+]1ccsc1N.Cc1ccc(S(=O)(=O)[O-])cc1. The van der Waals surface area contributed by atoms with Crippen molar-refractivity contribution < 1.29 is 17.5 Å². The van der Waals surface area contributed by atoms with Crippen molar-refractivity contribution in [1.82, 2.24) is 0 Å². The van der Waals surface area contributed by atoms with Crippen LogP contribution in [0.3, 0.4) is 0 Å². The number of rotatable bonds is 1. The lowest BCUT2D eigenvalue weighted by atomic mass is 10.2. The number of hydrogen-bond donors (Lipinski definition) is 1. The highest BCUT2D eigenvalue weighted by Gasteiger charge is 1.97. The standard InChI is InChI=1S/C7H8O3S.C4H6N2S/c1-6-2-4-7(5-3-6)11(8,9)10;1-6-2-3-7-4(6)5/h2-5H,1H3,(H,8,9,10);2-3,5H,1H3. The van der Waals surface area contributed by atoms with E-state index in [1.165, 1.54) is 12.1 Å². The first kappa shape index (κ1) is 14.6. The molecule has 1 aromatic heterocycles. The van der Waals surface area contributed by atoms with E-state index in [0.29, 0.717) is 0 Å². The average molecular weight is 286 g/mol. The number of nitrogen functional groups attached to an aromatic ring is 1. The monoisotopic (exact) mass is 286 g/mol. The van der Waals surface area contributed by atoms with Crippen molar-refractivity contribution in [2.45, 2.75) is 11.8 Å². The van der Waals surface area contributed by atoms with Gasteiger partial charge in [-0.1, -0.05) is 29.0 Å². The van der Waals surface area contributed by atoms with Crippen LogP contribution in [0.4, 0.5) is 5.13 Å². The van der Waals surface area contributed by atoms with Crippen LogP contribution >= 0.6 is 11.3 Å². The third-order valence-corrected chi connectivity index (χ3v) is 3.77. The summed E-state index contributed by atoms with van der Waals surface area (Å²) in [5, 5.41) is 2.80. The molecule has 0 atom stereocenters. The molecule has 0 spiro atoms. The summed E-state index contributed by atoms with van der Waals surface area (Å²) in [4.78, 5) is -0.178. The van der Waals surface area contributed by atoms with Gasteiger partial charge in [0, 0.05) is 5.38 Å². The fraction of sp³-hybridized carbons (Fsp3) is 0.182. The number of aryl methyl sites for hydroxylation is 2. The van der Waals surface area contributed by atoms with E-state index in [4.69, 9.17) is 5.73 Å². The quantitative estimate of drug-likeness (QED) is 0.627. The van der Waals surface area contributed by atoms with E-state index in [1.807, 2.05) is 30.1 Å². The van der Waals surface area contributed by atoms with Gasteiger partial charge in [0.25, 0.3) is 0 Å². The van der Waals surface area contributed by atoms with Crippen molar-refractivity contribution in [3.8, 4) is 0 Å². The zero-order chi connectivity index (χ0) is 13.8. The molecule has 18 heavy (non-hydrogen) atoms. The first-order valence-corrected chi connectivity index (χ1v) is 7.30. The van der Waals surface area contributed by atoms with E-state index in [1.54, 1.807) is 23.5 Å². The summed E-state index contributed by atoms with van der Waals surface area (Å²) in [6.45, 7) is 1.82. The minimum atomic E-state index is -4.27. The van der Waals surface area contributed by atoms with Gasteiger partial charge in [-0.3, -0.25) is 5.73 Å². The highest BCUT2D eigenvalue weighted by molar-refractivity contribution is 7.85. The Hall–Kier alpha value is -1.44. The van der Waals surface area contributed by atoms with Gasteiger partial charge in [-0.05, 0) is 19.1 Å². The number of nitrogens with two attached hydrogens (primary N) is 1. The summed E-state index contributed by atoms with van der Waals surface area (Å²) < 4.78 is 33.0. The van der Waals surface area contributed by atoms with Crippen molar-refractivity contribution in [1.29, 1.82) is 0 Å². The van der Waals surface area contributed by atoms with Crippen LogP contribution in [0.15, 0.2) is 40.7 Å². The van der Waals surface area contributed by atoms with Gasteiger partial charge in [-0.25, -0.2) is 13.0 Å². The first-order chi connectivity index (χ1) is 8.30. The van der Waals surface area contributed by atoms with Crippen LogP contribution in [0.25, 0.3) is 0 Å². The number of anilines is 1. The molecule has 2 aromatic rings. The minimum absolute atomic E-state index is 0.178. The highest BCUT2D eigenvalue weighted by Crippen LogP contribution is 2.08. The van der Waals surface area contributed by atoms with Gasteiger partial charge in [0.15, 0.2) is 0 Å². The molecule has 0 radical (unpaired) electrons. The summed E-state index contributed by atoms with van der Waals surface area (Å²) in [7, 11) is -2.35. The highest BCUT2D eigenvalue weighted by atomic mass is 32.2. The van der Waals surface area contributed by atoms with Crippen molar-refractivity contribution in [3.05, 3.63) is 41.4 Å². The van der Waals surface area contributed by atoms with E-state index >= 15 is 0 Å². The summed E-state index contributed by atoms with van der Waals surface area (Å²) in [5.41, 5.74) is 6.35. The minimum Gasteiger partial charge on any atom is -0.744 e. The molecule has 0 saturated heterocycles. The van der Waals surface area contributed by atoms with Crippen LogP contribution in [0, 0.1) is 6.92 Å². The molecule has 0 unspecified atom stereocenters. The van der Waals surface area contributed by atoms with Crippen LogP contribution < -0.4 is 10.3 Å². The number of nitrogens with zero attached hydrogens (tertiary/aromatic N) is 1. The lowest BCUT2D eigenvalue weighted by molar-refractivity contribution is -0.652. The Morgan fingerprint density at radius 2 is 1.83 bits per heavy atom. The molecule has 0 aliphatic rings. The zero-order valence-corrected chi connectivity index (χ0v) is 11.7. The van der Waals surface area contributed by atoms with E-state index < -0.39 is 10.1 Å². The molecule has 0 saturated carbocycles. The second kappa shape index (κ2) is 5.94. The van der Waals surface area contributed by atoms with Gasteiger partial charge in [0.05, 0.1) is 11.9 Å². The third-order valence-electron chi connectivity index (χ3n) is 2.13. The van der Waals surface area contributed by atoms with Gasteiger partial charge < -0.3 is 4.55 Å². The van der Waals surface area contributed by atoms with Crippen molar-refractivity contribution in [3.63, 3.8) is 0 Å². The molecule has 0 aliphatic heterocycles. The number of benzene rings is 1. The summed E-state index contributed by atoms with van der Waals surface area (Å²) in [6, 6.07) is 5.78. The molecule has 5 nitrogen and oxygen atoms in total. The fourth-order valence-electron chi connectivity index (χ4n) is 1.05. The predicted molar refractivity (Wildman–Crippen MR) is 69.0 cm³/mol. The second-order valence-corrected chi connectivity index (χ2v) is 5.93. The molecule has 0 aliphatic carbocycles. The summed E-state index contributed by atoms with van der Waals surface area (Å²) >= 11 is 1.55. The van der Waals surface area contributed by atoms with Gasteiger partial charge in [0.2, 0.25) is 0 Å². The molecule has 2 N–H and O–H groups in total. The third kappa shape index (κ3) is 4.44. The second-order valence-electron chi connectivity index (χ2n) is 3.62. The number of aromatic nitrogens is 1. The van der Waals surface area contributed by atoms with E-state index in [9.17, 15) is 13.0 Å². The normalized spacial score (nSPS) is 10.6. The molecular weight excluding hydrogens is 272 g/mol. The maximum absolute atomic E-state index is 10.4.